The smallest absolute Gasteiger partial charge is 0.325 e. The zero-order valence-electron chi connectivity index (χ0n) is 17.4. The fourth-order valence-corrected chi connectivity index (χ4v) is 3.51. The molecule has 1 aromatic carbocycles. The van der Waals surface area contributed by atoms with E-state index in [-0.39, 0.29) is 5.91 Å². The van der Waals surface area contributed by atoms with Crippen molar-refractivity contribution < 1.29 is 31.6 Å². The van der Waals surface area contributed by atoms with E-state index in [9.17, 15) is 14.7 Å². The highest BCUT2D eigenvalue weighted by atomic mass is 16.8. The zero-order chi connectivity index (χ0) is 21.7. The lowest BCUT2D eigenvalue weighted by molar-refractivity contribution is -0.201. The van der Waals surface area contributed by atoms with Gasteiger partial charge in [-0.25, -0.2) is 4.79 Å². The van der Waals surface area contributed by atoms with Gasteiger partial charge in [0, 0.05) is 11.8 Å². The minimum Gasteiger partial charge on any atom is -0.394 e. The van der Waals surface area contributed by atoms with Crippen molar-refractivity contribution in [2.75, 3.05) is 6.56 Å². The van der Waals surface area contributed by atoms with Crippen LogP contribution >= 0.6 is 0 Å². The van der Waals surface area contributed by atoms with Gasteiger partial charge < -0.3 is 30.0 Å². The summed E-state index contributed by atoms with van der Waals surface area (Å²) < 4.78 is 32.4. The number of benzene rings is 1. The van der Waals surface area contributed by atoms with Gasteiger partial charge in [-0.1, -0.05) is 18.2 Å². The van der Waals surface area contributed by atoms with Crippen molar-refractivity contribution in [3.05, 3.63) is 48.2 Å². The Hall–Kier alpha value is -2.46. The first kappa shape index (κ1) is 16.5. The van der Waals surface area contributed by atoms with Crippen molar-refractivity contribution in [1.29, 1.82) is 0 Å². The fraction of sp³-hybridized carbons (Fsp3) is 0.474. The van der Waals surface area contributed by atoms with Crippen LogP contribution in [0.1, 0.15) is 26.9 Å². The monoisotopic (exact) mass is 391 g/mol. The van der Waals surface area contributed by atoms with E-state index in [2.05, 4.69) is 10.6 Å². The van der Waals surface area contributed by atoms with Crippen LogP contribution in [0.15, 0.2) is 42.6 Å². The molecular formula is C19H23N3O6. The molecule has 3 aliphatic rings. The minimum absolute atomic E-state index is 0.348. The summed E-state index contributed by atoms with van der Waals surface area (Å²) in [4.78, 5) is 26.2. The van der Waals surface area contributed by atoms with E-state index < -0.39 is 49.1 Å². The van der Waals surface area contributed by atoms with Crippen LogP contribution in [0.2, 0.25) is 0 Å². The summed E-state index contributed by atoms with van der Waals surface area (Å²) in [7, 11) is 0. The third-order valence-corrected chi connectivity index (χ3v) is 4.71. The molecule has 0 aromatic heterocycles. The normalized spacial score (nSPS) is 35.0. The number of fused-ring (bicyclic) bond motifs is 1. The summed E-state index contributed by atoms with van der Waals surface area (Å²) >= 11 is 0. The number of nitrogens with zero attached hydrogens (tertiary/aromatic N) is 1. The molecule has 0 bridgehead atoms. The van der Waals surface area contributed by atoms with Gasteiger partial charge in [0.1, 0.15) is 24.5 Å². The number of carbonyl (C=O) groups excluding carboxylic acids is 2. The largest absolute Gasteiger partial charge is 0.394 e. The molecule has 9 heteroatoms. The summed E-state index contributed by atoms with van der Waals surface area (Å²) in [5, 5.41) is 15.2. The molecule has 3 aliphatic heterocycles. The SMILES string of the molecule is [2H]C([2H])(O)[C@H]1O[C@H](N2C=CC(NC(=O)c3ccccc3)NC2=O)[C@@H]2OC(C)(C)O[C@@H]21. The molecular weight excluding hydrogens is 366 g/mol. The molecule has 0 saturated carbocycles. The number of hydrogen-bond donors (Lipinski definition) is 3. The van der Waals surface area contributed by atoms with Gasteiger partial charge in [0.15, 0.2) is 12.0 Å². The molecule has 3 amide bonds. The van der Waals surface area contributed by atoms with Gasteiger partial charge in [0.25, 0.3) is 5.91 Å². The zero-order valence-corrected chi connectivity index (χ0v) is 15.4. The van der Waals surface area contributed by atoms with E-state index in [1.54, 1.807) is 50.3 Å². The molecule has 4 rings (SSSR count). The molecule has 2 fully saturated rings. The predicted octanol–water partition coefficient (Wildman–Crippen LogP) is 0.519. The highest BCUT2D eigenvalue weighted by molar-refractivity contribution is 5.94. The molecule has 0 spiro atoms. The Labute approximate surface area is 165 Å². The van der Waals surface area contributed by atoms with Gasteiger partial charge in [0.2, 0.25) is 0 Å². The van der Waals surface area contributed by atoms with Gasteiger partial charge in [-0.3, -0.25) is 9.69 Å². The second-order valence-corrected chi connectivity index (χ2v) is 7.16. The van der Waals surface area contributed by atoms with E-state index in [1.807, 2.05) is 0 Å². The first-order valence-corrected chi connectivity index (χ1v) is 8.92. The van der Waals surface area contributed by atoms with E-state index in [1.165, 1.54) is 11.1 Å². The molecule has 150 valence electrons. The van der Waals surface area contributed by atoms with Gasteiger partial charge in [-0.05, 0) is 32.1 Å². The Morgan fingerprint density at radius 1 is 1.32 bits per heavy atom. The van der Waals surface area contributed by atoms with Crippen LogP contribution in [-0.2, 0) is 14.2 Å². The molecule has 1 aromatic rings. The molecule has 28 heavy (non-hydrogen) atoms. The summed E-state index contributed by atoms with van der Waals surface area (Å²) in [6.07, 6.45) is -1.82. The number of amides is 3. The Kier molecular flexibility index (Phi) is 4.22. The van der Waals surface area contributed by atoms with Gasteiger partial charge in [-0.15, -0.1) is 0 Å². The van der Waals surface area contributed by atoms with E-state index >= 15 is 0 Å². The molecule has 9 nitrogen and oxygen atoms in total. The lowest BCUT2D eigenvalue weighted by Gasteiger charge is -2.34. The number of hydrogen-bond acceptors (Lipinski definition) is 6. The predicted molar refractivity (Wildman–Crippen MR) is 96.8 cm³/mol. The maximum atomic E-state index is 12.7. The summed E-state index contributed by atoms with van der Waals surface area (Å²) in [6, 6.07) is 8.01. The van der Waals surface area contributed by atoms with Crippen LogP contribution in [0.25, 0.3) is 0 Å². The van der Waals surface area contributed by atoms with Crippen molar-refractivity contribution in [1.82, 2.24) is 15.5 Å². The molecule has 0 radical (unpaired) electrons. The highest BCUT2D eigenvalue weighted by Gasteiger charge is 2.57. The minimum atomic E-state index is -2.69. The molecule has 3 N–H and O–H groups in total. The average molecular weight is 391 g/mol. The van der Waals surface area contributed by atoms with Gasteiger partial charge in [0.05, 0.1) is 9.30 Å². The number of rotatable bonds is 4. The Morgan fingerprint density at radius 3 is 2.71 bits per heavy atom. The summed E-state index contributed by atoms with van der Waals surface area (Å²) in [5.74, 6) is -1.37. The lowest BCUT2D eigenvalue weighted by atomic mass is 10.1. The molecule has 0 aliphatic carbocycles. The van der Waals surface area contributed by atoms with Crippen molar-refractivity contribution >= 4 is 11.9 Å². The number of ether oxygens (including phenoxy) is 3. The third kappa shape index (κ3) is 3.49. The number of urea groups is 1. The fourth-order valence-electron chi connectivity index (χ4n) is 3.51. The maximum Gasteiger partial charge on any atom is 0.325 e. The van der Waals surface area contributed by atoms with Crippen molar-refractivity contribution in [2.24, 2.45) is 0 Å². The van der Waals surface area contributed by atoms with Crippen molar-refractivity contribution in [2.45, 2.75) is 50.3 Å². The summed E-state index contributed by atoms with van der Waals surface area (Å²) in [6.45, 7) is 0.630. The van der Waals surface area contributed by atoms with Crippen molar-refractivity contribution in [3.63, 3.8) is 0 Å². The second-order valence-electron chi connectivity index (χ2n) is 7.16. The van der Waals surface area contributed by atoms with Crippen LogP contribution < -0.4 is 10.6 Å². The van der Waals surface area contributed by atoms with Gasteiger partial charge in [-0.2, -0.15) is 0 Å². The van der Waals surface area contributed by atoms with E-state index in [0.29, 0.717) is 5.56 Å². The number of carbonyl (C=O) groups is 2. The topological polar surface area (TPSA) is 109 Å². The quantitative estimate of drug-likeness (QED) is 0.690. The standard InChI is InChI=1S/C19H23N3O6/c1-19(2)27-14-12(10-23)26-17(15(14)28-19)22-9-8-13(21-18(22)25)20-16(24)11-6-4-3-5-7-11/h3-9,12-15,17,23H,10H2,1-2H3,(H,20,24)(H,21,25)/t12-,13?,14-,15-,17+/m1/s1/i10D2. The number of nitrogens with one attached hydrogen (secondary N) is 2. The third-order valence-electron chi connectivity index (χ3n) is 4.71. The molecule has 3 heterocycles. The first-order chi connectivity index (χ1) is 14.0. The molecule has 2 saturated heterocycles. The molecule has 1 unspecified atom stereocenters. The Bertz CT molecular complexity index is 860. The van der Waals surface area contributed by atoms with Crippen LogP contribution in [0.5, 0.6) is 0 Å². The Morgan fingerprint density at radius 2 is 2.04 bits per heavy atom. The first-order valence-electron chi connectivity index (χ1n) is 9.92. The van der Waals surface area contributed by atoms with Gasteiger partial charge >= 0.3 is 6.03 Å². The Balaban J connectivity index is 1.49. The summed E-state index contributed by atoms with van der Waals surface area (Å²) in [5.41, 5.74) is 0.455. The average Bonchev–Trinajstić information content (AvgIpc) is 3.15. The van der Waals surface area contributed by atoms with E-state index in [0.717, 1.165) is 0 Å². The lowest BCUT2D eigenvalue weighted by Crippen LogP contribution is -2.57. The molecule has 5 atom stereocenters. The second kappa shape index (κ2) is 7.17. The van der Waals surface area contributed by atoms with Crippen LogP contribution in [-0.4, -0.2) is 65.0 Å². The number of aliphatic hydroxyl groups is 1. The maximum absolute atomic E-state index is 12.7. The van der Waals surface area contributed by atoms with Crippen molar-refractivity contribution in [3.8, 4) is 0 Å². The van der Waals surface area contributed by atoms with Crippen LogP contribution in [0, 0.1) is 0 Å². The van der Waals surface area contributed by atoms with Crippen LogP contribution in [0.4, 0.5) is 4.79 Å². The highest BCUT2D eigenvalue weighted by Crippen LogP contribution is 2.40. The van der Waals surface area contributed by atoms with E-state index in [4.69, 9.17) is 17.0 Å². The van der Waals surface area contributed by atoms with Crippen LogP contribution in [0.3, 0.4) is 0 Å².